The molecule has 0 spiro atoms. The molecule has 1 fully saturated rings. The average molecular weight is 506 g/mol. The molecule has 3 aromatic rings. The Morgan fingerprint density at radius 1 is 0.966 bits per heavy atom. The van der Waals surface area contributed by atoms with Crippen molar-refractivity contribution in [1.29, 1.82) is 0 Å². The van der Waals surface area contributed by atoms with Gasteiger partial charge in [0.15, 0.2) is 0 Å². The fraction of sp³-hybridized carbons (Fsp3) is 0.423. The van der Waals surface area contributed by atoms with Crippen LogP contribution >= 0.6 is 0 Å². The first-order valence-electron chi connectivity index (χ1n) is 10.5. The van der Waals surface area contributed by atoms with Gasteiger partial charge in [-0.1, -0.05) is 81.8 Å². The number of hydrogen-bond acceptors (Lipinski definition) is 0. The van der Waals surface area contributed by atoms with Gasteiger partial charge in [-0.25, -0.2) is 0 Å². The smallest absolute Gasteiger partial charge is 1.00 e. The first kappa shape index (κ1) is 26.5. The Morgan fingerprint density at radius 2 is 1.66 bits per heavy atom. The van der Waals surface area contributed by atoms with Crippen LogP contribution in [0.2, 0.25) is 0 Å². The minimum absolute atomic E-state index is 0. The largest absolute Gasteiger partial charge is 3.00 e. The summed E-state index contributed by atoms with van der Waals surface area (Å²) in [6.07, 6.45) is 9.61. The van der Waals surface area contributed by atoms with Crippen LogP contribution in [0.4, 0.5) is 0 Å². The second-order valence-electron chi connectivity index (χ2n) is 8.31. The van der Waals surface area contributed by atoms with Crippen LogP contribution in [0.15, 0.2) is 54.6 Å². The zero-order chi connectivity index (χ0) is 17.9. The molecule has 1 aliphatic carbocycles. The molecule has 0 N–H and O–H groups in total. The zero-order valence-corrected chi connectivity index (χ0v) is 21.5. The summed E-state index contributed by atoms with van der Waals surface area (Å²) >= 11 is 0. The topological polar surface area (TPSA) is 0 Å². The molecule has 1 aliphatic rings. The van der Waals surface area contributed by atoms with Crippen molar-refractivity contribution in [3.05, 3.63) is 65.7 Å². The van der Waals surface area contributed by atoms with Crippen LogP contribution < -0.4 is 24.8 Å². The molecular weight excluding hydrogens is 474 g/mol. The van der Waals surface area contributed by atoms with Gasteiger partial charge in [0, 0.05) is 0 Å². The Kier molecular flexibility index (Phi) is 11.3. The van der Waals surface area contributed by atoms with Gasteiger partial charge in [0.05, 0.1) is 0 Å². The molecule has 153 valence electrons. The van der Waals surface area contributed by atoms with Crippen molar-refractivity contribution >= 4 is 10.8 Å². The number of fused-ring (bicyclic) bond motifs is 1. The van der Waals surface area contributed by atoms with Gasteiger partial charge in [-0.05, 0) is 35.8 Å². The third-order valence-corrected chi connectivity index (χ3v) is 6.46. The third-order valence-electron chi connectivity index (χ3n) is 6.46. The van der Waals surface area contributed by atoms with Gasteiger partial charge in [-0.15, -0.1) is 34.5 Å². The Bertz CT molecular complexity index is 860. The van der Waals surface area contributed by atoms with E-state index in [0.29, 0.717) is 5.92 Å². The third kappa shape index (κ3) is 6.25. The van der Waals surface area contributed by atoms with Crippen LogP contribution in [0.3, 0.4) is 0 Å². The van der Waals surface area contributed by atoms with Gasteiger partial charge >= 0.3 is 26.2 Å². The standard InChI is InChI=1S/C26H31.2ClH.Zr/c1-3-19(2)22-12-14-23(15-13-22)25-11-7-10-24-17-21(18-26(24)25)16-20-8-5-4-6-9-20;;;/h7,10-15,17-20H,3-6,8-9,16H2,1-2H3;2*1H;/q-1;;;+3/p-2. The second-order valence-corrected chi connectivity index (χ2v) is 8.31. The quantitative estimate of drug-likeness (QED) is 0.465. The number of halogens is 2. The van der Waals surface area contributed by atoms with Crippen LogP contribution in [-0.2, 0) is 32.6 Å². The molecule has 0 saturated heterocycles. The van der Waals surface area contributed by atoms with Gasteiger partial charge in [0.2, 0.25) is 0 Å². The Labute approximate surface area is 208 Å². The van der Waals surface area contributed by atoms with E-state index in [1.54, 1.807) is 0 Å². The molecular formula is C26H31Cl2Zr. The van der Waals surface area contributed by atoms with E-state index in [2.05, 4.69) is 68.4 Å². The average Bonchev–Trinajstić information content (AvgIpc) is 3.10. The maximum atomic E-state index is 2.46. The van der Waals surface area contributed by atoms with Gasteiger partial charge in [0.1, 0.15) is 0 Å². The SMILES string of the molecule is CCC(C)c1ccc(-c2cccc3[cH-]c(CC4CCCCC4)cc23)cc1.[Cl-].[Cl-].[Zr+3]. The summed E-state index contributed by atoms with van der Waals surface area (Å²) in [7, 11) is 0. The fourth-order valence-electron chi connectivity index (χ4n) is 4.62. The molecule has 1 unspecified atom stereocenters. The summed E-state index contributed by atoms with van der Waals surface area (Å²) in [6.45, 7) is 4.57. The van der Waals surface area contributed by atoms with E-state index in [9.17, 15) is 0 Å². The van der Waals surface area contributed by atoms with Crippen molar-refractivity contribution in [3.63, 3.8) is 0 Å². The zero-order valence-electron chi connectivity index (χ0n) is 17.6. The molecule has 3 aromatic carbocycles. The number of benzene rings is 2. The molecule has 1 saturated carbocycles. The van der Waals surface area contributed by atoms with Crippen molar-refractivity contribution in [3.8, 4) is 11.1 Å². The molecule has 0 heterocycles. The Morgan fingerprint density at radius 3 is 2.31 bits per heavy atom. The second kappa shape index (κ2) is 12.4. The summed E-state index contributed by atoms with van der Waals surface area (Å²) in [5, 5.41) is 2.83. The van der Waals surface area contributed by atoms with E-state index in [0.717, 1.165) is 5.92 Å². The molecule has 0 bridgehead atoms. The molecule has 29 heavy (non-hydrogen) atoms. The van der Waals surface area contributed by atoms with E-state index < -0.39 is 0 Å². The van der Waals surface area contributed by atoms with Crippen LogP contribution in [0, 0.1) is 5.92 Å². The van der Waals surface area contributed by atoms with Crippen molar-refractivity contribution in [1.82, 2.24) is 0 Å². The summed E-state index contributed by atoms with van der Waals surface area (Å²) in [5.41, 5.74) is 5.71. The minimum atomic E-state index is 0. The van der Waals surface area contributed by atoms with Gasteiger partial charge in [0.25, 0.3) is 0 Å². The van der Waals surface area contributed by atoms with E-state index in [4.69, 9.17) is 0 Å². The first-order valence-corrected chi connectivity index (χ1v) is 10.5. The molecule has 3 heteroatoms. The maximum absolute atomic E-state index is 2.46. The predicted octanol–water partition coefficient (Wildman–Crippen LogP) is 1.87. The van der Waals surface area contributed by atoms with Crippen molar-refractivity contribution < 1.29 is 51.0 Å². The van der Waals surface area contributed by atoms with Crippen LogP contribution in [0.5, 0.6) is 0 Å². The fourth-order valence-corrected chi connectivity index (χ4v) is 4.62. The monoisotopic (exact) mass is 503 g/mol. The predicted molar refractivity (Wildman–Crippen MR) is 114 cm³/mol. The van der Waals surface area contributed by atoms with Gasteiger partial charge in [-0.3, -0.25) is 0 Å². The molecule has 0 nitrogen and oxygen atoms in total. The van der Waals surface area contributed by atoms with Gasteiger partial charge < -0.3 is 24.8 Å². The maximum Gasteiger partial charge on any atom is 3.00 e. The van der Waals surface area contributed by atoms with Crippen LogP contribution in [0.25, 0.3) is 21.9 Å². The van der Waals surface area contributed by atoms with E-state index in [1.165, 1.54) is 78.0 Å². The Balaban J connectivity index is 0.00000140. The van der Waals surface area contributed by atoms with Crippen LogP contribution in [-0.4, -0.2) is 0 Å². The normalized spacial score (nSPS) is 15.1. The molecule has 0 aromatic heterocycles. The molecule has 0 aliphatic heterocycles. The summed E-state index contributed by atoms with van der Waals surface area (Å²) in [5.74, 6) is 1.54. The number of hydrogen-bond donors (Lipinski definition) is 0. The van der Waals surface area contributed by atoms with Gasteiger partial charge in [-0.2, -0.15) is 6.07 Å². The molecule has 4 rings (SSSR count). The van der Waals surface area contributed by atoms with E-state index in [-0.39, 0.29) is 51.0 Å². The summed E-state index contributed by atoms with van der Waals surface area (Å²) in [6, 6.07) is 20.9. The van der Waals surface area contributed by atoms with Crippen molar-refractivity contribution in [2.45, 2.75) is 64.7 Å². The minimum Gasteiger partial charge on any atom is -1.00 e. The Hall–Kier alpha value is -0.487. The summed E-state index contributed by atoms with van der Waals surface area (Å²) in [4.78, 5) is 0. The summed E-state index contributed by atoms with van der Waals surface area (Å²) < 4.78 is 0. The van der Waals surface area contributed by atoms with Crippen LogP contribution in [0.1, 0.15) is 69.4 Å². The molecule has 1 atom stereocenters. The van der Waals surface area contributed by atoms with E-state index >= 15 is 0 Å². The van der Waals surface area contributed by atoms with E-state index in [1.807, 2.05) is 0 Å². The van der Waals surface area contributed by atoms with Crippen molar-refractivity contribution in [2.24, 2.45) is 5.92 Å². The number of rotatable bonds is 5. The molecule has 0 amide bonds. The first-order chi connectivity index (χ1) is 12.7. The van der Waals surface area contributed by atoms with Crippen molar-refractivity contribution in [2.75, 3.05) is 0 Å². The molecule has 1 radical (unpaired) electrons.